The minimum absolute atomic E-state index is 0.116. The number of hydrogen-bond donors (Lipinski definition) is 0. The van der Waals surface area contributed by atoms with Gasteiger partial charge in [0.05, 0.1) is 24.1 Å². The minimum atomic E-state index is -3.43. The summed E-state index contributed by atoms with van der Waals surface area (Å²) in [5, 5.41) is 0.769. The fourth-order valence-electron chi connectivity index (χ4n) is 2.59. The van der Waals surface area contributed by atoms with Gasteiger partial charge in [-0.15, -0.1) is 0 Å². The zero-order valence-electron chi connectivity index (χ0n) is 16.0. The quantitative estimate of drug-likeness (QED) is 0.345. The molecule has 0 radical (unpaired) electrons. The summed E-state index contributed by atoms with van der Waals surface area (Å²) in [6.07, 6.45) is 1.06. The van der Waals surface area contributed by atoms with Crippen molar-refractivity contribution in [3.05, 3.63) is 24.3 Å². The lowest BCUT2D eigenvalue weighted by atomic mass is 9.79. The highest BCUT2D eigenvalue weighted by molar-refractivity contribution is 9.09. The predicted molar refractivity (Wildman–Crippen MR) is 109 cm³/mol. The van der Waals surface area contributed by atoms with Crippen LogP contribution < -0.4 is 10.4 Å². The minimum Gasteiger partial charge on any atom is -0.399 e. The maximum Gasteiger partial charge on any atom is 0.494 e. The lowest BCUT2D eigenvalue weighted by molar-refractivity contribution is 0.00578. The summed E-state index contributed by atoms with van der Waals surface area (Å²) in [6.45, 7) is 9.45. The molecular weight excluding hydrogens is 421 g/mol. The van der Waals surface area contributed by atoms with E-state index in [-0.39, 0.29) is 17.8 Å². The summed E-state index contributed by atoms with van der Waals surface area (Å²) in [5.41, 5.74) is 1.20. The van der Waals surface area contributed by atoms with Gasteiger partial charge >= 0.3 is 7.12 Å². The topological polar surface area (TPSA) is 65.1 Å². The van der Waals surface area contributed by atoms with Crippen LogP contribution in [0.15, 0.2) is 24.3 Å². The Morgan fingerprint density at radius 2 is 1.62 bits per heavy atom. The molecule has 9 heteroatoms. The Balaban J connectivity index is 2.06. The van der Waals surface area contributed by atoms with Crippen LogP contribution in [0.2, 0.25) is 0 Å². The van der Waals surface area contributed by atoms with E-state index in [4.69, 9.17) is 13.5 Å². The molecule has 0 unspecified atom stereocenters. The van der Waals surface area contributed by atoms with E-state index in [9.17, 15) is 8.42 Å². The molecule has 0 bridgehead atoms. The Hall–Kier alpha value is -0.605. The molecule has 0 spiro atoms. The van der Waals surface area contributed by atoms with Crippen LogP contribution in [-0.2, 0) is 23.6 Å². The Bertz CT molecular complexity index is 692. The van der Waals surface area contributed by atoms with Crippen molar-refractivity contribution in [2.75, 3.05) is 36.2 Å². The van der Waals surface area contributed by atoms with E-state index in [0.717, 1.165) is 29.3 Å². The summed E-state index contributed by atoms with van der Waals surface area (Å²) in [6, 6.07) is 7.94. The molecule has 26 heavy (non-hydrogen) atoms. The van der Waals surface area contributed by atoms with Crippen molar-refractivity contribution in [3.63, 3.8) is 0 Å². The average Bonchev–Trinajstić information content (AvgIpc) is 2.74. The second kappa shape index (κ2) is 8.18. The van der Waals surface area contributed by atoms with Crippen LogP contribution in [0.25, 0.3) is 0 Å². The third kappa shape index (κ3) is 5.45. The van der Waals surface area contributed by atoms with Gasteiger partial charge in [-0.25, -0.2) is 0 Å². The monoisotopic (exact) mass is 447 g/mol. The third-order valence-electron chi connectivity index (χ3n) is 4.80. The lowest BCUT2D eigenvalue weighted by Crippen LogP contribution is -2.41. The van der Waals surface area contributed by atoms with Crippen LogP contribution in [-0.4, -0.2) is 58.0 Å². The van der Waals surface area contributed by atoms with Gasteiger partial charge in [-0.05, 0) is 45.3 Å². The van der Waals surface area contributed by atoms with Crippen molar-refractivity contribution in [2.45, 2.75) is 38.9 Å². The molecule has 0 saturated carbocycles. The van der Waals surface area contributed by atoms with E-state index in [0.29, 0.717) is 6.54 Å². The van der Waals surface area contributed by atoms with Crippen LogP contribution in [0.1, 0.15) is 27.7 Å². The van der Waals surface area contributed by atoms with Gasteiger partial charge in [0.1, 0.15) is 0 Å². The molecule has 0 atom stereocenters. The van der Waals surface area contributed by atoms with Crippen LogP contribution in [0, 0.1) is 0 Å². The van der Waals surface area contributed by atoms with Gasteiger partial charge in [0, 0.05) is 24.1 Å². The van der Waals surface area contributed by atoms with Gasteiger partial charge < -0.3 is 14.2 Å². The van der Waals surface area contributed by atoms with Crippen molar-refractivity contribution >= 4 is 44.3 Å². The first-order chi connectivity index (χ1) is 12.0. The number of nitrogens with zero attached hydrogens (tertiary/aromatic N) is 1. The number of alkyl halides is 1. The van der Waals surface area contributed by atoms with E-state index in [1.54, 1.807) is 0 Å². The normalized spacial score (nSPS) is 18.9. The first-order valence-electron chi connectivity index (χ1n) is 8.56. The van der Waals surface area contributed by atoms with E-state index >= 15 is 0 Å². The molecular formula is C17H27BBrNO5S. The number of hydrogen-bond acceptors (Lipinski definition) is 6. The smallest absolute Gasteiger partial charge is 0.399 e. The molecule has 0 aromatic heterocycles. The van der Waals surface area contributed by atoms with Crippen LogP contribution >= 0.6 is 15.9 Å². The molecule has 1 heterocycles. The van der Waals surface area contributed by atoms with Crippen molar-refractivity contribution in [3.8, 4) is 0 Å². The van der Waals surface area contributed by atoms with E-state index < -0.39 is 17.2 Å². The second-order valence-corrected chi connectivity index (χ2v) is 9.82. The van der Waals surface area contributed by atoms with Crippen LogP contribution in [0.4, 0.5) is 5.69 Å². The number of rotatable bonds is 8. The van der Waals surface area contributed by atoms with Crippen LogP contribution in [0.3, 0.4) is 0 Å². The molecule has 6 nitrogen and oxygen atoms in total. The Morgan fingerprint density at radius 1 is 1.08 bits per heavy atom. The fraction of sp³-hybridized carbons (Fsp3) is 0.647. The molecule has 0 N–H and O–H groups in total. The highest BCUT2D eigenvalue weighted by atomic mass is 79.9. The molecule has 0 amide bonds. The Morgan fingerprint density at radius 3 is 2.08 bits per heavy atom. The maximum absolute atomic E-state index is 11.1. The van der Waals surface area contributed by atoms with E-state index in [1.807, 2.05) is 52.0 Å². The Labute approximate surface area is 165 Å². The molecule has 1 aliphatic rings. The van der Waals surface area contributed by atoms with Crippen molar-refractivity contribution < 1.29 is 21.9 Å². The third-order valence-corrected chi connectivity index (χ3v) is 5.75. The molecule has 2 rings (SSSR count). The summed E-state index contributed by atoms with van der Waals surface area (Å²) >= 11 is 3.43. The molecule has 1 aromatic rings. The predicted octanol–water partition coefficient (Wildman–Crippen LogP) is 2.16. The second-order valence-electron chi connectivity index (χ2n) is 7.38. The molecule has 146 valence electrons. The molecule has 1 aromatic carbocycles. The molecule has 1 saturated heterocycles. The van der Waals surface area contributed by atoms with Gasteiger partial charge in [0.15, 0.2) is 0 Å². The van der Waals surface area contributed by atoms with Gasteiger partial charge in [0.25, 0.3) is 10.1 Å². The average molecular weight is 448 g/mol. The van der Waals surface area contributed by atoms with Crippen molar-refractivity contribution in [1.29, 1.82) is 0 Å². The maximum atomic E-state index is 11.1. The fourth-order valence-corrected chi connectivity index (χ4v) is 3.40. The van der Waals surface area contributed by atoms with Gasteiger partial charge in [-0.2, -0.15) is 8.42 Å². The highest BCUT2D eigenvalue weighted by Crippen LogP contribution is 2.36. The summed E-state index contributed by atoms with van der Waals surface area (Å²) in [5.74, 6) is 0. The van der Waals surface area contributed by atoms with E-state index in [1.165, 1.54) is 0 Å². The van der Waals surface area contributed by atoms with Gasteiger partial charge in [-0.3, -0.25) is 4.18 Å². The SMILES string of the molecule is CC1(C)OB(c2ccc(N(CCBr)CCOS(C)(=O)=O)cc2)OC1(C)C. The van der Waals surface area contributed by atoms with Crippen molar-refractivity contribution in [1.82, 2.24) is 0 Å². The molecule has 0 aliphatic carbocycles. The van der Waals surface area contributed by atoms with Crippen molar-refractivity contribution in [2.24, 2.45) is 0 Å². The summed E-state index contributed by atoms with van der Waals surface area (Å²) in [7, 11) is -3.82. The molecule has 1 aliphatic heterocycles. The summed E-state index contributed by atoms with van der Waals surface area (Å²) in [4.78, 5) is 2.06. The first-order valence-corrected chi connectivity index (χ1v) is 11.5. The highest BCUT2D eigenvalue weighted by Gasteiger charge is 2.51. The largest absolute Gasteiger partial charge is 0.494 e. The number of benzene rings is 1. The van der Waals surface area contributed by atoms with E-state index in [2.05, 4.69) is 20.8 Å². The van der Waals surface area contributed by atoms with Crippen LogP contribution in [0.5, 0.6) is 0 Å². The zero-order valence-corrected chi connectivity index (χ0v) is 18.4. The molecule has 1 fully saturated rings. The van der Waals surface area contributed by atoms with Gasteiger partial charge in [-0.1, -0.05) is 28.1 Å². The zero-order chi connectivity index (χ0) is 19.6. The Kier molecular flexibility index (Phi) is 6.83. The number of halogens is 1. The first kappa shape index (κ1) is 21.7. The number of anilines is 1. The lowest BCUT2D eigenvalue weighted by Gasteiger charge is -2.32. The standard InChI is InChI=1S/C17H27BBrNO5S/c1-16(2)17(3,4)25-18(24-16)14-6-8-15(9-7-14)20(11-10-19)12-13-23-26(5,21)22/h6-9H,10-13H2,1-5H3. The summed E-state index contributed by atoms with van der Waals surface area (Å²) < 4.78 is 39.2. The van der Waals surface area contributed by atoms with Gasteiger partial charge in [0.2, 0.25) is 0 Å².